The van der Waals surface area contributed by atoms with E-state index in [0.717, 1.165) is 5.69 Å². The number of carbonyl (C=O) groups is 1. The van der Waals surface area contributed by atoms with E-state index in [2.05, 4.69) is 0 Å². The zero-order valence-corrected chi connectivity index (χ0v) is 11.7. The van der Waals surface area contributed by atoms with E-state index >= 15 is 0 Å². The summed E-state index contributed by atoms with van der Waals surface area (Å²) in [5, 5.41) is 19.7. The van der Waals surface area contributed by atoms with Gasteiger partial charge >= 0.3 is 5.97 Å². The number of carboxylic acids is 1. The van der Waals surface area contributed by atoms with Gasteiger partial charge in [0.05, 0.1) is 24.6 Å². The van der Waals surface area contributed by atoms with Crippen LogP contribution in [-0.4, -0.2) is 60.7 Å². The molecular formula is C13H17N3O5. The molecule has 1 aromatic rings. The topological polar surface area (TPSA) is 96.2 Å². The summed E-state index contributed by atoms with van der Waals surface area (Å²) in [5.41, 5.74) is 0.702. The summed E-state index contributed by atoms with van der Waals surface area (Å²) in [7, 11) is 1.47. The van der Waals surface area contributed by atoms with E-state index < -0.39 is 10.9 Å². The maximum absolute atomic E-state index is 10.9. The van der Waals surface area contributed by atoms with Gasteiger partial charge < -0.3 is 14.7 Å². The largest absolute Gasteiger partial charge is 0.496 e. The average molecular weight is 295 g/mol. The highest BCUT2D eigenvalue weighted by atomic mass is 16.6. The number of anilines is 1. The lowest BCUT2D eigenvalue weighted by atomic mass is 10.2. The third-order valence-corrected chi connectivity index (χ3v) is 3.42. The Bertz CT molecular complexity index is 541. The number of carboxylic acid groups (broad SMARTS) is 1. The van der Waals surface area contributed by atoms with E-state index in [9.17, 15) is 14.9 Å². The zero-order valence-electron chi connectivity index (χ0n) is 11.7. The molecule has 1 saturated heterocycles. The van der Waals surface area contributed by atoms with Crippen molar-refractivity contribution in [2.75, 3.05) is 44.7 Å². The first-order valence-corrected chi connectivity index (χ1v) is 6.52. The van der Waals surface area contributed by atoms with E-state index in [1.54, 1.807) is 6.07 Å². The summed E-state index contributed by atoms with van der Waals surface area (Å²) in [6, 6.07) is 4.64. The van der Waals surface area contributed by atoms with E-state index in [1.165, 1.54) is 19.2 Å². The predicted molar refractivity (Wildman–Crippen MR) is 75.9 cm³/mol. The van der Waals surface area contributed by atoms with Gasteiger partial charge in [0, 0.05) is 44.0 Å². The normalized spacial score (nSPS) is 15.8. The fraction of sp³-hybridized carbons (Fsp3) is 0.462. The van der Waals surface area contributed by atoms with Crippen molar-refractivity contribution < 1.29 is 19.6 Å². The Morgan fingerprint density at radius 3 is 2.52 bits per heavy atom. The molecule has 8 nitrogen and oxygen atoms in total. The quantitative estimate of drug-likeness (QED) is 0.634. The van der Waals surface area contributed by atoms with Crippen LogP contribution in [0.25, 0.3) is 0 Å². The number of rotatable bonds is 5. The van der Waals surface area contributed by atoms with Crippen LogP contribution >= 0.6 is 0 Å². The number of nitro groups is 1. The molecular weight excluding hydrogens is 278 g/mol. The molecule has 0 atom stereocenters. The van der Waals surface area contributed by atoms with Crippen LogP contribution in [0.1, 0.15) is 0 Å². The Labute approximate surface area is 121 Å². The van der Waals surface area contributed by atoms with Gasteiger partial charge in [-0.15, -0.1) is 0 Å². The monoisotopic (exact) mass is 295 g/mol. The van der Waals surface area contributed by atoms with Gasteiger partial charge in [0.25, 0.3) is 5.69 Å². The number of benzene rings is 1. The maximum atomic E-state index is 10.9. The molecule has 1 N–H and O–H groups in total. The van der Waals surface area contributed by atoms with Crippen molar-refractivity contribution in [3.8, 4) is 5.75 Å². The van der Waals surface area contributed by atoms with Crippen LogP contribution in [0.15, 0.2) is 18.2 Å². The van der Waals surface area contributed by atoms with Crippen LogP contribution in [0, 0.1) is 10.1 Å². The van der Waals surface area contributed by atoms with Crippen LogP contribution < -0.4 is 9.64 Å². The summed E-state index contributed by atoms with van der Waals surface area (Å²) in [6.07, 6.45) is 0. The lowest BCUT2D eigenvalue weighted by molar-refractivity contribution is -0.384. The lowest BCUT2D eigenvalue weighted by Gasteiger charge is -2.35. The van der Waals surface area contributed by atoms with Gasteiger partial charge in [-0.1, -0.05) is 0 Å². The van der Waals surface area contributed by atoms with Gasteiger partial charge in [0.1, 0.15) is 5.75 Å². The van der Waals surface area contributed by atoms with Crippen LogP contribution in [0.2, 0.25) is 0 Å². The first-order valence-electron chi connectivity index (χ1n) is 6.52. The second-order valence-corrected chi connectivity index (χ2v) is 4.80. The molecule has 2 rings (SSSR count). The molecule has 21 heavy (non-hydrogen) atoms. The van der Waals surface area contributed by atoms with Gasteiger partial charge in [0.2, 0.25) is 0 Å². The number of aliphatic carboxylic acids is 1. The van der Waals surface area contributed by atoms with Gasteiger partial charge in [-0.3, -0.25) is 19.8 Å². The molecule has 8 heteroatoms. The summed E-state index contributed by atoms with van der Waals surface area (Å²) >= 11 is 0. The maximum Gasteiger partial charge on any atom is 0.317 e. The minimum Gasteiger partial charge on any atom is -0.496 e. The van der Waals surface area contributed by atoms with Crippen LogP contribution in [0.4, 0.5) is 11.4 Å². The van der Waals surface area contributed by atoms with Crippen molar-refractivity contribution in [2.24, 2.45) is 0 Å². The molecule has 114 valence electrons. The zero-order chi connectivity index (χ0) is 15.4. The smallest absolute Gasteiger partial charge is 0.317 e. The van der Waals surface area contributed by atoms with Gasteiger partial charge in [-0.25, -0.2) is 0 Å². The van der Waals surface area contributed by atoms with Crippen molar-refractivity contribution in [1.29, 1.82) is 0 Å². The molecule has 1 aliphatic heterocycles. The molecule has 0 aromatic heterocycles. The van der Waals surface area contributed by atoms with Crippen LogP contribution in [0.5, 0.6) is 5.75 Å². The van der Waals surface area contributed by atoms with Gasteiger partial charge in [-0.05, 0) is 0 Å². The summed E-state index contributed by atoms with van der Waals surface area (Å²) < 4.78 is 5.09. The first-order chi connectivity index (χ1) is 9.99. The second kappa shape index (κ2) is 6.40. The lowest BCUT2D eigenvalue weighted by Crippen LogP contribution is -2.48. The number of ether oxygens (including phenoxy) is 1. The van der Waals surface area contributed by atoms with E-state index in [1.807, 2.05) is 9.80 Å². The van der Waals surface area contributed by atoms with Crippen molar-refractivity contribution in [3.05, 3.63) is 28.3 Å². The van der Waals surface area contributed by atoms with E-state index in [-0.39, 0.29) is 12.2 Å². The molecule has 0 aliphatic carbocycles. The molecule has 0 bridgehead atoms. The highest BCUT2D eigenvalue weighted by Gasteiger charge is 2.21. The molecule has 1 heterocycles. The highest BCUT2D eigenvalue weighted by Crippen LogP contribution is 2.28. The molecule has 0 radical (unpaired) electrons. The first kappa shape index (κ1) is 15.0. The van der Waals surface area contributed by atoms with Crippen molar-refractivity contribution >= 4 is 17.3 Å². The van der Waals surface area contributed by atoms with Crippen LogP contribution in [0.3, 0.4) is 0 Å². The summed E-state index contributed by atoms with van der Waals surface area (Å²) in [5.74, 6) is -0.410. The third kappa shape index (κ3) is 3.82. The van der Waals surface area contributed by atoms with E-state index in [0.29, 0.717) is 31.9 Å². The number of nitrogens with zero attached hydrogens (tertiary/aromatic N) is 3. The van der Waals surface area contributed by atoms with E-state index in [4.69, 9.17) is 9.84 Å². The molecule has 1 fully saturated rings. The van der Waals surface area contributed by atoms with Gasteiger partial charge in [0.15, 0.2) is 0 Å². The number of nitro benzene ring substituents is 1. The molecule has 0 unspecified atom stereocenters. The Kier molecular flexibility index (Phi) is 4.59. The molecule has 1 aromatic carbocycles. The molecule has 0 saturated carbocycles. The van der Waals surface area contributed by atoms with Gasteiger partial charge in [-0.2, -0.15) is 0 Å². The predicted octanol–water partition coefficient (Wildman–Crippen LogP) is 0.810. The molecule has 0 amide bonds. The Hall–Kier alpha value is -2.35. The second-order valence-electron chi connectivity index (χ2n) is 4.80. The van der Waals surface area contributed by atoms with Crippen LogP contribution in [-0.2, 0) is 4.79 Å². The minimum atomic E-state index is -0.847. The number of hydrogen-bond acceptors (Lipinski definition) is 6. The standard InChI is InChI=1S/C13H17N3O5/c1-21-12-7-10(6-11(8-12)16(19)20)15-4-2-14(3-5-15)9-13(17)18/h6-8H,2-5,9H2,1H3,(H,17,18). The van der Waals surface area contributed by atoms with Crippen molar-refractivity contribution in [1.82, 2.24) is 4.90 Å². The number of non-ortho nitro benzene ring substituents is 1. The minimum absolute atomic E-state index is 0.0164. The molecule has 0 spiro atoms. The molecule has 1 aliphatic rings. The number of methoxy groups -OCH3 is 1. The Morgan fingerprint density at radius 1 is 1.33 bits per heavy atom. The number of hydrogen-bond donors (Lipinski definition) is 1. The highest BCUT2D eigenvalue weighted by molar-refractivity contribution is 5.69. The fourth-order valence-corrected chi connectivity index (χ4v) is 2.33. The Morgan fingerprint density at radius 2 is 2.00 bits per heavy atom. The average Bonchev–Trinajstić information content (AvgIpc) is 2.46. The summed E-state index contributed by atoms with van der Waals surface area (Å²) in [4.78, 5) is 25.0. The number of piperazine rings is 1. The SMILES string of the molecule is COc1cc(N2CCN(CC(=O)O)CC2)cc([N+](=O)[O-])c1. The third-order valence-electron chi connectivity index (χ3n) is 3.42. The fourth-order valence-electron chi connectivity index (χ4n) is 2.33. The van der Waals surface area contributed by atoms with Crippen molar-refractivity contribution in [3.63, 3.8) is 0 Å². The van der Waals surface area contributed by atoms with Crippen molar-refractivity contribution in [2.45, 2.75) is 0 Å². The summed E-state index contributed by atoms with van der Waals surface area (Å²) in [6.45, 7) is 2.48. The Balaban J connectivity index is 2.10.